The van der Waals surface area contributed by atoms with Crippen LogP contribution in [0.2, 0.25) is 0 Å². The van der Waals surface area contributed by atoms with E-state index >= 15 is 0 Å². The van der Waals surface area contributed by atoms with E-state index in [-0.39, 0.29) is 18.0 Å². The van der Waals surface area contributed by atoms with E-state index in [1.165, 1.54) is 0 Å². The lowest BCUT2D eigenvalue weighted by molar-refractivity contribution is 0.0720. The molecule has 0 unspecified atom stereocenters. The Labute approximate surface area is 172 Å². The zero-order valence-corrected chi connectivity index (χ0v) is 17.3. The minimum atomic E-state index is -0.213. The van der Waals surface area contributed by atoms with Gasteiger partial charge in [0.1, 0.15) is 6.17 Å². The average molecular weight is 396 g/mol. The molecule has 1 aliphatic rings. The Morgan fingerprint density at radius 1 is 1.14 bits per heavy atom. The van der Waals surface area contributed by atoms with Crippen LogP contribution in [0.15, 0.2) is 48.5 Å². The molecule has 0 spiro atoms. The van der Waals surface area contributed by atoms with E-state index in [0.717, 1.165) is 23.2 Å². The minimum absolute atomic E-state index is 0.0545. The van der Waals surface area contributed by atoms with E-state index < -0.39 is 0 Å². The van der Waals surface area contributed by atoms with Crippen LogP contribution in [0.3, 0.4) is 0 Å². The van der Waals surface area contributed by atoms with Crippen LogP contribution in [0.5, 0.6) is 0 Å². The monoisotopic (exact) mass is 395 g/mol. The fourth-order valence-electron chi connectivity index (χ4n) is 3.50. The second-order valence-corrected chi connectivity index (χ2v) is 7.67. The first kappa shape index (κ1) is 20.9. The van der Waals surface area contributed by atoms with Crippen molar-refractivity contribution in [3.05, 3.63) is 65.2 Å². The number of nitrogens with one attached hydrogen (secondary N) is 2. The molecule has 2 N–H and O–H groups in total. The summed E-state index contributed by atoms with van der Waals surface area (Å²) >= 11 is 0. The molecule has 29 heavy (non-hydrogen) atoms. The number of methoxy groups -OCH3 is 1. The van der Waals surface area contributed by atoms with Crippen LogP contribution in [0.25, 0.3) is 0 Å². The minimum Gasteiger partial charge on any atom is -0.385 e. The van der Waals surface area contributed by atoms with Crippen LogP contribution < -0.4 is 10.6 Å². The van der Waals surface area contributed by atoms with Gasteiger partial charge in [-0.05, 0) is 42.7 Å². The molecule has 1 aliphatic heterocycles. The Hall–Kier alpha value is -2.86. The third kappa shape index (κ3) is 4.95. The number of carbonyl (C=O) groups is 2. The summed E-state index contributed by atoms with van der Waals surface area (Å²) in [6.45, 7) is 6.09. The molecule has 0 aromatic heterocycles. The third-order valence-corrected chi connectivity index (χ3v) is 4.88. The van der Waals surface area contributed by atoms with Gasteiger partial charge >= 0.3 is 0 Å². The normalized spacial score (nSPS) is 15.5. The van der Waals surface area contributed by atoms with Crippen molar-refractivity contribution in [1.29, 1.82) is 0 Å². The van der Waals surface area contributed by atoms with Crippen molar-refractivity contribution in [3.63, 3.8) is 0 Å². The van der Waals surface area contributed by atoms with Crippen molar-refractivity contribution in [3.8, 4) is 0 Å². The summed E-state index contributed by atoms with van der Waals surface area (Å²) in [5, 5.41) is 6.35. The lowest BCUT2D eigenvalue weighted by Crippen LogP contribution is -2.35. The van der Waals surface area contributed by atoms with Gasteiger partial charge in [0.25, 0.3) is 11.8 Å². The highest BCUT2D eigenvalue weighted by molar-refractivity contribution is 5.99. The van der Waals surface area contributed by atoms with E-state index in [2.05, 4.69) is 24.5 Å². The van der Waals surface area contributed by atoms with Crippen LogP contribution in [0.4, 0.5) is 5.69 Å². The van der Waals surface area contributed by atoms with Gasteiger partial charge in [-0.15, -0.1) is 0 Å². The van der Waals surface area contributed by atoms with Gasteiger partial charge in [-0.1, -0.05) is 32.0 Å². The summed E-state index contributed by atoms with van der Waals surface area (Å²) in [5.41, 5.74) is 3.20. The summed E-state index contributed by atoms with van der Waals surface area (Å²) in [5.74, 6) is 0.316. The Balaban J connectivity index is 1.71. The molecule has 6 heteroatoms. The van der Waals surface area contributed by atoms with Gasteiger partial charge in [0, 0.05) is 49.2 Å². The molecule has 0 saturated heterocycles. The van der Waals surface area contributed by atoms with Gasteiger partial charge in [-0.3, -0.25) is 9.59 Å². The standard InChI is InChI=1S/C23H29N3O3/c1-16(2)15-26-21(19-7-4-5-8-20(19)23(26)28)25-18-11-9-17(10-12-18)22(27)24-13-6-14-29-3/h4-5,7-12,16,21,25H,6,13-15H2,1-3H3,(H,24,27)/t21-/m0/s1. The van der Waals surface area contributed by atoms with Crippen LogP contribution in [-0.2, 0) is 4.74 Å². The molecule has 0 saturated carbocycles. The number of amides is 2. The first-order chi connectivity index (χ1) is 14.0. The summed E-state index contributed by atoms with van der Waals surface area (Å²) in [7, 11) is 1.64. The Kier molecular flexibility index (Phi) is 6.88. The second-order valence-electron chi connectivity index (χ2n) is 7.67. The maximum atomic E-state index is 12.8. The zero-order chi connectivity index (χ0) is 20.8. The van der Waals surface area contributed by atoms with Crippen LogP contribution >= 0.6 is 0 Å². The fourth-order valence-corrected chi connectivity index (χ4v) is 3.50. The SMILES string of the molecule is COCCCNC(=O)c1ccc(N[C@@H]2c3ccccc3C(=O)N2CC(C)C)cc1. The van der Waals surface area contributed by atoms with Gasteiger partial charge in [0.2, 0.25) is 0 Å². The molecule has 154 valence electrons. The largest absolute Gasteiger partial charge is 0.385 e. The number of nitrogens with zero attached hydrogens (tertiary/aromatic N) is 1. The number of ether oxygens (including phenoxy) is 1. The van der Waals surface area contributed by atoms with E-state index in [0.29, 0.717) is 31.2 Å². The third-order valence-electron chi connectivity index (χ3n) is 4.88. The highest BCUT2D eigenvalue weighted by atomic mass is 16.5. The fraction of sp³-hybridized carbons (Fsp3) is 0.391. The lowest BCUT2D eigenvalue weighted by Gasteiger charge is -2.28. The maximum Gasteiger partial charge on any atom is 0.256 e. The highest BCUT2D eigenvalue weighted by Gasteiger charge is 2.36. The first-order valence-corrected chi connectivity index (χ1v) is 10.0. The van der Waals surface area contributed by atoms with Gasteiger partial charge in [0.15, 0.2) is 0 Å². The van der Waals surface area contributed by atoms with E-state index in [4.69, 9.17) is 4.74 Å². The molecular weight excluding hydrogens is 366 g/mol. The van der Waals surface area contributed by atoms with E-state index in [1.54, 1.807) is 19.2 Å². The molecule has 1 heterocycles. The summed E-state index contributed by atoms with van der Waals surface area (Å²) < 4.78 is 4.99. The number of hydrogen-bond acceptors (Lipinski definition) is 4. The molecule has 0 aliphatic carbocycles. The topological polar surface area (TPSA) is 70.7 Å². The number of benzene rings is 2. The van der Waals surface area contributed by atoms with Crippen LogP contribution in [-0.4, -0.2) is 43.5 Å². The van der Waals surface area contributed by atoms with Gasteiger partial charge in [-0.2, -0.15) is 0 Å². The molecule has 2 aromatic rings. The van der Waals surface area contributed by atoms with E-state index in [9.17, 15) is 9.59 Å². The predicted octanol–water partition coefficient (Wildman–Crippen LogP) is 3.68. The quantitative estimate of drug-likeness (QED) is 0.636. The highest BCUT2D eigenvalue weighted by Crippen LogP contribution is 2.34. The van der Waals surface area contributed by atoms with Crippen LogP contribution in [0.1, 0.15) is 52.7 Å². The van der Waals surface area contributed by atoms with Crippen LogP contribution in [0, 0.1) is 5.92 Å². The van der Waals surface area contributed by atoms with Crippen molar-refractivity contribution in [2.75, 3.05) is 32.1 Å². The van der Waals surface area contributed by atoms with Crippen molar-refractivity contribution in [1.82, 2.24) is 10.2 Å². The average Bonchev–Trinajstić information content (AvgIpc) is 2.97. The molecule has 0 bridgehead atoms. The van der Waals surface area contributed by atoms with Gasteiger partial charge in [-0.25, -0.2) is 0 Å². The smallest absolute Gasteiger partial charge is 0.256 e. The van der Waals surface area contributed by atoms with Gasteiger partial charge in [0.05, 0.1) is 0 Å². The Morgan fingerprint density at radius 3 is 2.55 bits per heavy atom. The molecule has 0 fully saturated rings. The molecular formula is C23H29N3O3. The molecule has 6 nitrogen and oxygen atoms in total. The number of rotatable bonds is 9. The molecule has 0 radical (unpaired) electrons. The predicted molar refractivity (Wildman–Crippen MR) is 114 cm³/mol. The molecule has 2 aromatic carbocycles. The Bertz CT molecular complexity index is 849. The second kappa shape index (κ2) is 9.56. The molecule has 2 amide bonds. The van der Waals surface area contributed by atoms with Crippen molar-refractivity contribution < 1.29 is 14.3 Å². The number of hydrogen-bond donors (Lipinski definition) is 2. The summed E-state index contributed by atoms with van der Waals surface area (Å²) in [4.78, 5) is 26.9. The number of carbonyl (C=O) groups excluding carboxylic acids is 2. The number of anilines is 1. The molecule has 1 atom stereocenters. The summed E-state index contributed by atoms with van der Waals surface area (Å²) in [6, 6.07) is 15.1. The number of fused-ring (bicyclic) bond motifs is 1. The zero-order valence-electron chi connectivity index (χ0n) is 17.3. The maximum absolute atomic E-state index is 12.8. The van der Waals surface area contributed by atoms with Crippen molar-refractivity contribution >= 4 is 17.5 Å². The van der Waals surface area contributed by atoms with E-state index in [1.807, 2.05) is 41.3 Å². The van der Waals surface area contributed by atoms with Gasteiger partial charge < -0.3 is 20.3 Å². The summed E-state index contributed by atoms with van der Waals surface area (Å²) in [6.07, 6.45) is 0.567. The van der Waals surface area contributed by atoms with Crippen molar-refractivity contribution in [2.24, 2.45) is 5.92 Å². The lowest BCUT2D eigenvalue weighted by atomic mass is 10.1. The Morgan fingerprint density at radius 2 is 1.86 bits per heavy atom. The molecule has 3 rings (SSSR count). The van der Waals surface area contributed by atoms with Crippen molar-refractivity contribution in [2.45, 2.75) is 26.4 Å². The first-order valence-electron chi connectivity index (χ1n) is 10.0.